The summed E-state index contributed by atoms with van der Waals surface area (Å²) < 4.78 is 5.26. The van der Waals surface area contributed by atoms with Crippen molar-refractivity contribution in [1.29, 1.82) is 0 Å². The Morgan fingerprint density at radius 1 is 1.50 bits per heavy atom. The molecule has 1 heterocycles. The van der Waals surface area contributed by atoms with E-state index in [1.807, 2.05) is 19.9 Å². The lowest BCUT2D eigenvalue weighted by atomic mass is 10.2. The van der Waals surface area contributed by atoms with Crippen LogP contribution < -0.4 is 5.73 Å². The van der Waals surface area contributed by atoms with E-state index in [4.69, 9.17) is 10.5 Å². The molecule has 0 aliphatic rings. The van der Waals surface area contributed by atoms with E-state index in [1.54, 1.807) is 6.07 Å². The summed E-state index contributed by atoms with van der Waals surface area (Å²) in [6.45, 7) is 5.25. The van der Waals surface area contributed by atoms with Crippen molar-refractivity contribution in [1.82, 2.24) is 4.98 Å². The number of anilines is 1. The molecule has 0 spiro atoms. The molecule has 0 unspecified atom stereocenters. The summed E-state index contributed by atoms with van der Waals surface area (Å²) >= 11 is 0. The smallest absolute Gasteiger partial charge is 0.123 e. The van der Waals surface area contributed by atoms with Crippen LogP contribution in [-0.2, 0) is 11.3 Å². The van der Waals surface area contributed by atoms with Crippen LogP contribution in [0.25, 0.3) is 0 Å². The lowest BCUT2D eigenvalue weighted by molar-refractivity contribution is 0.133. The normalized spacial score (nSPS) is 10.2. The van der Waals surface area contributed by atoms with Crippen LogP contribution in [0.4, 0.5) is 5.82 Å². The van der Waals surface area contributed by atoms with Gasteiger partial charge in [0.15, 0.2) is 0 Å². The molecule has 0 aliphatic carbocycles. The van der Waals surface area contributed by atoms with Gasteiger partial charge in [-0.2, -0.15) is 0 Å². The molecule has 0 aromatic carbocycles. The second kappa shape index (κ2) is 4.07. The maximum Gasteiger partial charge on any atom is 0.123 e. The van der Waals surface area contributed by atoms with Crippen LogP contribution in [-0.4, -0.2) is 11.6 Å². The van der Waals surface area contributed by atoms with Crippen LogP contribution in [0.1, 0.15) is 18.2 Å². The largest absolute Gasteiger partial charge is 0.384 e. The minimum atomic E-state index is 0.563. The lowest BCUT2D eigenvalue weighted by Gasteiger charge is -2.04. The van der Waals surface area contributed by atoms with Gasteiger partial charge in [0.2, 0.25) is 0 Å². The molecule has 0 aliphatic heterocycles. The fourth-order valence-corrected chi connectivity index (χ4v) is 0.974. The molecule has 1 rings (SSSR count). The number of aromatic nitrogens is 1. The molecule has 0 saturated heterocycles. The average molecular weight is 166 g/mol. The maximum absolute atomic E-state index is 5.50. The standard InChI is InChI=1S/C9H14N2O/c1-3-12-6-8-4-5-9(10)11-7(8)2/h4-5H,3,6H2,1-2H3,(H2,10,11). The molecule has 66 valence electrons. The third kappa shape index (κ3) is 2.20. The Bertz CT molecular complexity index is 261. The first-order valence-corrected chi connectivity index (χ1v) is 4.03. The second-order valence-corrected chi connectivity index (χ2v) is 2.62. The topological polar surface area (TPSA) is 48.1 Å². The fourth-order valence-electron chi connectivity index (χ4n) is 0.974. The van der Waals surface area contributed by atoms with E-state index in [2.05, 4.69) is 4.98 Å². The van der Waals surface area contributed by atoms with Crippen LogP contribution in [0, 0.1) is 6.92 Å². The average Bonchev–Trinajstić information content (AvgIpc) is 2.03. The summed E-state index contributed by atoms with van der Waals surface area (Å²) in [5.41, 5.74) is 7.55. The first-order valence-electron chi connectivity index (χ1n) is 4.03. The Labute approximate surface area is 72.6 Å². The van der Waals surface area contributed by atoms with E-state index in [1.165, 1.54) is 0 Å². The summed E-state index contributed by atoms with van der Waals surface area (Å²) in [6.07, 6.45) is 0. The molecule has 0 amide bonds. The predicted molar refractivity (Wildman–Crippen MR) is 48.7 cm³/mol. The third-order valence-electron chi connectivity index (χ3n) is 1.68. The Balaban J connectivity index is 2.72. The molecular weight excluding hydrogens is 152 g/mol. The first kappa shape index (κ1) is 9.00. The Hall–Kier alpha value is -1.09. The van der Waals surface area contributed by atoms with Crippen molar-refractivity contribution < 1.29 is 4.74 Å². The Morgan fingerprint density at radius 2 is 2.25 bits per heavy atom. The van der Waals surface area contributed by atoms with E-state index in [0.717, 1.165) is 17.9 Å². The summed E-state index contributed by atoms with van der Waals surface area (Å²) in [5, 5.41) is 0. The number of hydrogen-bond acceptors (Lipinski definition) is 3. The number of hydrogen-bond donors (Lipinski definition) is 1. The van der Waals surface area contributed by atoms with E-state index in [-0.39, 0.29) is 0 Å². The van der Waals surface area contributed by atoms with Crippen LogP contribution >= 0.6 is 0 Å². The number of aryl methyl sites for hydroxylation is 1. The van der Waals surface area contributed by atoms with Gasteiger partial charge in [0, 0.05) is 12.3 Å². The molecule has 0 atom stereocenters. The minimum Gasteiger partial charge on any atom is -0.384 e. The summed E-state index contributed by atoms with van der Waals surface area (Å²) in [5.74, 6) is 0.563. The molecule has 1 aromatic heterocycles. The summed E-state index contributed by atoms with van der Waals surface area (Å²) in [7, 11) is 0. The van der Waals surface area contributed by atoms with Gasteiger partial charge in [-0.1, -0.05) is 6.07 Å². The predicted octanol–water partition coefficient (Wildman–Crippen LogP) is 1.51. The number of nitrogens with zero attached hydrogens (tertiary/aromatic N) is 1. The van der Waals surface area contributed by atoms with Crippen molar-refractivity contribution in [2.75, 3.05) is 12.3 Å². The second-order valence-electron chi connectivity index (χ2n) is 2.62. The lowest BCUT2D eigenvalue weighted by Crippen LogP contribution is -1.99. The summed E-state index contributed by atoms with van der Waals surface area (Å²) in [6, 6.07) is 3.74. The van der Waals surface area contributed by atoms with E-state index in [9.17, 15) is 0 Å². The number of nitrogen functional groups attached to an aromatic ring is 1. The first-order chi connectivity index (χ1) is 5.74. The van der Waals surface area contributed by atoms with Crippen LogP contribution in [0.3, 0.4) is 0 Å². The van der Waals surface area contributed by atoms with Gasteiger partial charge >= 0.3 is 0 Å². The zero-order valence-electron chi connectivity index (χ0n) is 7.50. The highest BCUT2D eigenvalue weighted by Gasteiger charge is 1.98. The van der Waals surface area contributed by atoms with Gasteiger partial charge in [0.1, 0.15) is 5.82 Å². The number of ether oxygens (including phenoxy) is 1. The molecule has 0 bridgehead atoms. The van der Waals surface area contributed by atoms with E-state index < -0.39 is 0 Å². The summed E-state index contributed by atoms with van der Waals surface area (Å²) in [4.78, 5) is 4.12. The van der Waals surface area contributed by atoms with Crippen molar-refractivity contribution in [3.8, 4) is 0 Å². The van der Waals surface area contributed by atoms with Gasteiger partial charge in [-0.15, -0.1) is 0 Å². The monoisotopic (exact) mass is 166 g/mol. The molecule has 12 heavy (non-hydrogen) atoms. The zero-order chi connectivity index (χ0) is 8.97. The van der Waals surface area contributed by atoms with Crippen molar-refractivity contribution in [3.05, 3.63) is 23.4 Å². The maximum atomic E-state index is 5.50. The van der Waals surface area contributed by atoms with Gasteiger partial charge < -0.3 is 10.5 Å². The molecule has 0 radical (unpaired) electrons. The van der Waals surface area contributed by atoms with Crippen molar-refractivity contribution >= 4 is 5.82 Å². The van der Waals surface area contributed by atoms with Crippen LogP contribution in [0.15, 0.2) is 12.1 Å². The number of rotatable bonds is 3. The molecule has 0 saturated carbocycles. The Kier molecular flexibility index (Phi) is 3.05. The third-order valence-corrected chi connectivity index (χ3v) is 1.68. The van der Waals surface area contributed by atoms with Crippen LogP contribution in [0.2, 0.25) is 0 Å². The molecule has 3 nitrogen and oxygen atoms in total. The number of pyridine rings is 1. The van der Waals surface area contributed by atoms with Gasteiger partial charge in [0.05, 0.1) is 6.61 Å². The fraction of sp³-hybridized carbons (Fsp3) is 0.444. The quantitative estimate of drug-likeness (QED) is 0.740. The van der Waals surface area contributed by atoms with Gasteiger partial charge in [-0.25, -0.2) is 4.98 Å². The highest BCUT2D eigenvalue weighted by atomic mass is 16.5. The molecular formula is C9H14N2O. The highest BCUT2D eigenvalue weighted by molar-refractivity contribution is 5.33. The van der Waals surface area contributed by atoms with Gasteiger partial charge in [-0.05, 0) is 25.5 Å². The highest BCUT2D eigenvalue weighted by Crippen LogP contribution is 2.08. The Morgan fingerprint density at radius 3 is 2.83 bits per heavy atom. The zero-order valence-corrected chi connectivity index (χ0v) is 7.50. The van der Waals surface area contributed by atoms with Crippen molar-refractivity contribution in [2.45, 2.75) is 20.5 Å². The van der Waals surface area contributed by atoms with Crippen molar-refractivity contribution in [2.24, 2.45) is 0 Å². The van der Waals surface area contributed by atoms with Gasteiger partial charge in [0.25, 0.3) is 0 Å². The molecule has 3 heteroatoms. The van der Waals surface area contributed by atoms with E-state index in [0.29, 0.717) is 12.4 Å². The SMILES string of the molecule is CCOCc1ccc(N)nc1C. The van der Waals surface area contributed by atoms with E-state index >= 15 is 0 Å². The molecule has 1 aromatic rings. The minimum absolute atomic E-state index is 0.563. The van der Waals surface area contributed by atoms with Crippen molar-refractivity contribution in [3.63, 3.8) is 0 Å². The molecule has 2 N–H and O–H groups in total. The van der Waals surface area contributed by atoms with Gasteiger partial charge in [-0.3, -0.25) is 0 Å². The molecule has 0 fully saturated rings. The van der Waals surface area contributed by atoms with Crippen LogP contribution in [0.5, 0.6) is 0 Å². The number of nitrogens with two attached hydrogens (primary N) is 1.